The van der Waals surface area contributed by atoms with Gasteiger partial charge in [-0.05, 0) is 35.7 Å². The second-order valence-electron chi connectivity index (χ2n) is 6.80. The molecule has 0 spiro atoms. The van der Waals surface area contributed by atoms with E-state index in [0.29, 0.717) is 18.7 Å². The molecule has 2 rings (SSSR count). The van der Waals surface area contributed by atoms with Crippen molar-refractivity contribution in [2.75, 3.05) is 6.54 Å². The lowest BCUT2D eigenvalue weighted by molar-refractivity contribution is 0.0945. The Hall–Kier alpha value is -2.82. The minimum Gasteiger partial charge on any atom is -0.352 e. The van der Waals surface area contributed by atoms with Gasteiger partial charge in [0.2, 0.25) is 0 Å². The van der Waals surface area contributed by atoms with E-state index in [4.69, 9.17) is 5.73 Å². The summed E-state index contributed by atoms with van der Waals surface area (Å²) in [5.74, 6) is -0.115. The van der Waals surface area contributed by atoms with Crippen LogP contribution in [-0.4, -0.2) is 18.5 Å². The quantitative estimate of drug-likeness (QED) is 0.756. The van der Waals surface area contributed by atoms with Crippen molar-refractivity contribution in [3.63, 3.8) is 0 Å². The normalized spacial score (nSPS) is 11.0. The molecule has 4 N–H and O–H groups in total. The SMILES string of the molecule is Cc1ccccc1C(C)(C)CNC(=O)c1ccc(CNC(N)=O)cc1. The van der Waals surface area contributed by atoms with Crippen LogP contribution in [0.25, 0.3) is 0 Å². The summed E-state index contributed by atoms with van der Waals surface area (Å²) in [5.41, 5.74) is 8.79. The van der Waals surface area contributed by atoms with Crippen molar-refractivity contribution < 1.29 is 9.59 Å². The van der Waals surface area contributed by atoms with Gasteiger partial charge in [-0.15, -0.1) is 0 Å². The van der Waals surface area contributed by atoms with Crippen LogP contribution < -0.4 is 16.4 Å². The summed E-state index contributed by atoms with van der Waals surface area (Å²) >= 11 is 0. The number of carbonyl (C=O) groups excluding carboxylic acids is 2. The predicted molar refractivity (Wildman–Crippen MR) is 99.4 cm³/mol. The lowest BCUT2D eigenvalue weighted by Gasteiger charge is -2.27. The Morgan fingerprint density at radius 3 is 2.24 bits per heavy atom. The zero-order valence-corrected chi connectivity index (χ0v) is 14.9. The van der Waals surface area contributed by atoms with Crippen molar-refractivity contribution in [1.29, 1.82) is 0 Å². The Labute approximate surface area is 148 Å². The number of primary amides is 1. The Balaban J connectivity index is 1.97. The van der Waals surface area contributed by atoms with Crippen molar-refractivity contribution in [2.24, 2.45) is 5.73 Å². The van der Waals surface area contributed by atoms with Gasteiger partial charge in [-0.2, -0.15) is 0 Å². The van der Waals surface area contributed by atoms with Crippen LogP contribution >= 0.6 is 0 Å². The number of amides is 3. The van der Waals surface area contributed by atoms with E-state index in [1.165, 1.54) is 11.1 Å². The molecule has 0 heterocycles. The van der Waals surface area contributed by atoms with Crippen LogP contribution in [0.15, 0.2) is 48.5 Å². The number of nitrogens with two attached hydrogens (primary N) is 1. The van der Waals surface area contributed by atoms with Gasteiger partial charge in [0.15, 0.2) is 0 Å². The van der Waals surface area contributed by atoms with E-state index < -0.39 is 6.03 Å². The van der Waals surface area contributed by atoms with E-state index in [-0.39, 0.29) is 11.3 Å². The summed E-state index contributed by atoms with van der Waals surface area (Å²) < 4.78 is 0. The molecule has 0 aliphatic heterocycles. The highest BCUT2D eigenvalue weighted by atomic mass is 16.2. The molecule has 0 aliphatic carbocycles. The van der Waals surface area contributed by atoms with Gasteiger partial charge in [0.25, 0.3) is 5.91 Å². The summed E-state index contributed by atoms with van der Waals surface area (Å²) in [6.45, 7) is 7.21. The Morgan fingerprint density at radius 1 is 1.00 bits per heavy atom. The van der Waals surface area contributed by atoms with E-state index in [1.54, 1.807) is 24.3 Å². The van der Waals surface area contributed by atoms with Crippen molar-refractivity contribution >= 4 is 11.9 Å². The van der Waals surface area contributed by atoms with Crippen molar-refractivity contribution in [3.8, 4) is 0 Å². The molecule has 0 bridgehead atoms. The molecule has 132 valence electrons. The van der Waals surface area contributed by atoms with Crippen molar-refractivity contribution in [1.82, 2.24) is 10.6 Å². The average Bonchev–Trinajstić information content (AvgIpc) is 2.58. The fourth-order valence-corrected chi connectivity index (χ4v) is 2.79. The smallest absolute Gasteiger partial charge is 0.312 e. The molecular weight excluding hydrogens is 314 g/mol. The van der Waals surface area contributed by atoms with Crippen LogP contribution in [0, 0.1) is 6.92 Å². The molecule has 0 aliphatic rings. The minimum atomic E-state index is -0.569. The molecule has 3 amide bonds. The molecular formula is C20H25N3O2. The van der Waals surface area contributed by atoms with E-state index in [2.05, 4.69) is 43.5 Å². The van der Waals surface area contributed by atoms with Gasteiger partial charge in [0, 0.05) is 24.1 Å². The molecule has 0 saturated carbocycles. The maximum absolute atomic E-state index is 12.4. The molecule has 0 radical (unpaired) electrons. The highest BCUT2D eigenvalue weighted by Gasteiger charge is 2.23. The summed E-state index contributed by atoms with van der Waals surface area (Å²) in [7, 11) is 0. The standard InChI is InChI=1S/C20H25N3O2/c1-14-6-4-5-7-17(14)20(2,3)13-23-18(24)16-10-8-15(9-11-16)12-22-19(21)25/h4-11H,12-13H2,1-3H3,(H,23,24)(H3,21,22,25). The van der Waals surface area contributed by atoms with Crippen LogP contribution in [0.3, 0.4) is 0 Å². The van der Waals surface area contributed by atoms with E-state index in [1.807, 2.05) is 12.1 Å². The summed E-state index contributed by atoms with van der Waals surface area (Å²) in [6, 6.07) is 14.7. The number of nitrogens with one attached hydrogen (secondary N) is 2. The highest BCUT2D eigenvalue weighted by Crippen LogP contribution is 2.25. The third kappa shape index (κ3) is 5.08. The second-order valence-corrected chi connectivity index (χ2v) is 6.80. The number of benzene rings is 2. The summed E-state index contributed by atoms with van der Waals surface area (Å²) in [4.78, 5) is 23.1. The van der Waals surface area contributed by atoms with Gasteiger partial charge in [-0.1, -0.05) is 50.2 Å². The zero-order valence-electron chi connectivity index (χ0n) is 14.9. The molecule has 5 heteroatoms. The third-order valence-corrected chi connectivity index (χ3v) is 4.25. The summed E-state index contributed by atoms with van der Waals surface area (Å²) in [6.07, 6.45) is 0. The van der Waals surface area contributed by atoms with Gasteiger partial charge in [0.05, 0.1) is 0 Å². The third-order valence-electron chi connectivity index (χ3n) is 4.25. The first kappa shape index (κ1) is 18.5. The fraction of sp³-hybridized carbons (Fsp3) is 0.300. The first-order valence-electron chi connectivity index (χ1n) is 8.26. The van der Waals surface area contributed by atoms with Gasteiger partial charge in [-0.3, -0.25) is 4.79 Å². The first-order chi connectivity index (χ1) is 11.8. The van der Waals surface area contributed by atoms with Gasteiger partial charge in [-0.25, -0.2) is 4.79 Å². The van der Waals surface area contributed by atoms with Crippen LogP contribution in [0.2, 0.25) is 0 Å². The largest absolute Gasteiger partial charge is 0.352 e. The van der Waals surface area contributed by atoms with E-state index in [0.717, 1.165) is 5.56 Å². The molecule has 0 fully saturated rings. The highest BCUT2D eigenvalue weighted by molar-refractivity contribution is 5.94. The predicted octanol–water partition coefficient (Wildman–Crippen LogP) is 2.87. The van der Waals surface area contributed by atoms with Crippen LogP contribution in [0.5, 0.6) is 0 Å². The minimum absolute atomic E-state index is 0.115. The first-order valence-corrected chi connectivity index (χ1v) is 8.26. The topological polar surface area (TPSA) is 84.2 Å². The van der Waals surface area contributed by atoms with Gasteiger partial charge < -0.3 is 16.4 Å². The number of carbonyl (C=O) groups is 2. The molecule has 0 atom stereocenters. The number of hydrogen-bond acceptors (Lipinski definition) is 2. The Bertz CT molecular complexity index is 752. The van der Waals surface area contributed by atoms with E-state index in [9.17, 15) is 9.59 Å². The average molecular weight is 339 g/mol. The Morgan fingerprint density at radius 2 is 1.64 bits per heavy atom. The second kappa shape index (κ2) is 7.83. The van der Waals surface area contributed by atoms with Gasteiger partial charge >= 0.3 is 6.03 Å². The molecule has 0 aromatic heterocycles. The van der Waals surface area contributed by atoms with Crippen LogP contribution in [-0.2, 0) is 12.0 Å². The number of urea groups is 1. The molecule has 2 aromatic carbocycles. The molecule has 2 aromatic rings. The van der Waals surface area contributed by atoms with Crippen molar-refractivity contribution in [2.45, 2.75) is 32.7 Å². The van der Waals surface area contributed by atoms with Gasteiger partial charge in [0.1, 0.15) is 0 Å². The maximum Gasteiger partial charge on any atom is 0.312 e. The molecule has 0 unspecified atom stereocenters. The zero-order chi connectivity index (χ0) is 18.4. The molecule has 25 heavy (non-hydrogen) atoms. The molecule has 5 nitrogen and oxygen atoms in total. The van der Waals surface area contributed by atoms with Crippen molar-refractivity contribution in [3.05, 3.63) is 70.8 Å². The van der Waals surface area contributed by atoms with Crippen LogP contribution in [0.4, 0.5) is 4.79 Å². The number of rotatable bonds is 6. The summed E-state index contributed by atoms with van der Waals surface area (Å²) in [5, 5.41) is 5.52. The monoisotopic (exact) mass is 339 g/mol. The number of aryl methyl sites for hydroxylation is 1. The lowest BCUT2D eigenvalue weighted by Crippen LogP contribution is -2.37. The maximum atomic E-state index is 12.4. The van der Waals surface area contributed by atoms with E-state index >= 15 is 0 Å². The van der Waals surface area contributed by atoms with Crippen LogP contribution in [0.1, 0.15) is 40.9 Å². The lowest BCUT2D eigenvalue weighted by atomic mass is 9.82. The fourth-order valence-electron chi connectivity index (χ4n) is 2.79. The number of hydrogen-bond donors (Lipinski definition) is 3. The molecule has 0 saturated heterocycles. The Kier molecular flexibility index (Phi) is 5.80.